The highest BCUT2D eigenvalue weighted by molar-refractivity contribution is 8.26. The fourth-order valence-corrected chi connectivity index (χ4v) is 4.10. The van der Waals surface area contributed by atoms with Gasteiger partial charge in [-0.2, -0.15) is 0 Å². The number of unbranched alkanes of at least 4 members (excludes halogenated alkanes) is 1. The third kappa shape index (κ3) is 4.28. The summed E-state index contributed by atoms with van der Waals surface area (Å²) in [6.45, 7) is 7.51. The van der Waals surface area contributed by atoms with Crippen LogP contribution in [0.15, 0.2) is 34.1 Å². The molecule has 2 aromatic heterocycles. The summed E-state index contributed by atoms with van der Waals surface area (Å²) < 4.78 is 2.03. The molecule has 0 unspecified atom stereocenters. The van der Waals surface area contributed by atoms with Crippen LogP contribution in [0.2, 0.25) is 0 Å². The molecule has 3 heterocycles. The maximum absolute atomic E-state index is 13.1. The Balaban J connectivity index is 2.06. The van der Waals surface area contributed by atoms with Crippen molar-refractivity contribution in [3.8, 4) is 0 Å². The van der Waals surface area contributed by atoms with Crippen LogP contribution in [-0.4, -0.2) is 37.6 Å². The van der Waals surface area contributed by atoms with Gasteiger partial charge < -0.3 is 5.32 Å². The predicted molar refractivity (Wildman–Crippen MR) is 120 cm³/mol. The van der Waals surface area contributed by atoms with Gasteiger partial charge in [-0.1, -0.05) is 57.2 Å². The number of nitrogens with one attached hydrogen (secondary N) is 1. The number of fused-ring (bicyclic) bond motifs is 1. The third-order valence-corrected chi connectivity index (χ3v) is 5.71. The molecule has 0 saturated carbocycles. The first-order valence-electron chi connectivity index (χ1n) is 9.43. The maximum Gasteiger partial charge on any atom is 0.267 e. The van der Waals surface area contributed by atoms with Gasteiger partial charge in [-0.25, -0.2) is 4.98 Å². The number of hydrogen-bond acceptors (Lipinski definition) is 6. The Morgan fingerprint density at radius 2 is 2.11 bits per heavy atom. The van der Waals surface area contributed by atoms with Crippen LogP contribution in [0.4, 0.5) is 5.82 Å². The van der Waals surface area contributed by atoms with E-state index >= 15 is 0 Å². The molecule has 28 heavy (non-hydrogen) atoms. The molecular weight excluding hydrogens is 392 g/mol. The molecule has 1 saturated heterocycles. The molecule has 0 aromatic carbocycles. The van der Waals surface area contributed by atoms with Gasteiger partial charge in [0.15, 0.2) is 0 Å². The summed E-state index contributed by atoms with van der Waals surface area (Å²) >= 11 is 6.60. The smallest absolute Gasteiger partial charge is 0.267 e. The van der Waals surface area contributed by atoms with E-state index < -0.39 is 0 Å². The van der Waals surface area contributed by atoms with Crippen molar-refractivity contribution in [3.05, 3.63) is 45.2 Å². The van der Waals surface area contributed by atoms with Gasteiger partial charge >= 0.3 is 0 Å². The molecule has 2 aromatic rings. The van der Waals surface area contributed by atoms with Gasteiger partial charge in [0.2, 0.25) is 0 Å². The van der Waals surface area contributed by atoms with Crippen LogP contribution in [0.3, 0.4) is 0 Å². The summed E-state index contributed by atoms with van der Waals surface area (Å²) in [7, 11) is 0. The van der Waals surface area contributed by atoms with Crippen molar-refractivity contribution in [2.24, 2.45) is 5.92 Å². The van der Waals surface area contributed by atoms with E-state index in [-0.39, 0.29) is 11.5 Å². The first-order valence-corrected chi connectivity index (χ1v) is 10.7. The van der Waals surface area contributed by atoms with Crippen LogP contribution < -0.4 is 10.9 Å². The van der Waals surface area contributed by atoms with Gasteiger partial charge in [-0.3, -0.25) is 18.9 Å². The van der Waals surface area contributed by atoms with Gasteiger partial charge in [-0.05, 0) is 30.5 Å². The summed E-state index contributed by atoms with van der Waals surface area (Å²) in [5, 5.41) is 3.26. The number of anilines is 1. The van der Waals surface area contributed by atoms with E-state index in [0.29, 0.717) is 45.3 Å². The summed E-state index contributed by atoms with van der Waals surface area (Å²) in [5.74, 6) is 0.732. The number of amides is 1. The molecule has 148 valence electrons. The lowest BCUT2D eigenvalue weighted by Crippen LogP contribution is -2.29. The zero-order valence-electron chi connectivity index (χ0n) is 16.3. The Labute approximate surface area is 174 Å². The van der Waals surface area contributed by atoms with Gasteiger partial charge in [0.1, 0.15) is 15.8 Å². The number of aromatic nitrogens is 2. The molecule has 6 nitrogen and oxygen atoms in total. The molecule has 0 bridgehead atoms. The number of nitrogens with zero attached hydrogens (tertiary/aromatic N) is 3. The van der Waals surface area contributed by atoms with Crippen molar-refractivity contribution in [1.29, 1.82) is 0 Å². The Hall–Kier alpha value is -2.19. The van der Waals surface area contributed by atoms with E-state index in [0.717, 1.165) is 12.8 Å². The van der Waals surface area contributed by atoms with Crippen molar-refractivity contribution < 1.29 is 4.79 Å². The number of rotatable bonds is 7. The molecule has 1 aliphatic rings. The fraction of sp³-hybridized carbons (Fsp3) is 0.400. The number of thiocarbonyl (C=S) groups is 1. The standard InChI is InChI=1S/C20H24N4O2S2/c1-4-5-9-24-19(26)15(28-20(24)27)11-14-17(21-12-13(2)3)22-16-8-6-7-10-23(16)18(14)25/h6-8,10-11,13,21H,4-5,9,12H2,1-3H3. The first-order chi connectivity index (χ1) is 13.4. The number of carbonyl (C=O) groups is 1. The highest BCUT2D eigenvalue weighted by Gasteiger charge is 2.32. The molecule has 1 amide bonds. The maximum atomic E-state index is 13.1. The Bertz CT molecular complexity index is 997. The second kappa shape index (κ2) is 8.87. The quantitative estimate of drug-likeness (QED) is 0.548. The van der Waals surface area contributed by atoms with Crippen molar-refractivity contribution in [2.75, 3.05) is 18.4 Å². The van der Waals surface area contributed by atoms with Crippen molar-refractivity contribution in [1.82, 2.24) is 14.3 Å². The minimum Gasteiger partial charge on any atom is -0.369 e. The highest BCUT2D eigenvalue weighted by atomic mass is 32.2. The molecule has 8 heteroatoms. The van der Waals surface area contributed by atoms with Gasteiger partial charge in [0, 0.05) is 19.3 Å². The van der Waals surface area contributed by atoms with E-state index in [4.69, 9.17) is 12.2 Å². The van der Waals surface area contributed by atoms with Crippen molar-refractivity contribution in [2.45, 2.75) is 33.6 Å². The minimum absolute atomic E-state index is 0.143. The van der Waals surface area contributed by atoms with E-state index in [9.17, 15) is 9.59 Å². The monoisotopic (exact) mass is 416 g/mol. The minimum atomic E-state index is -0.212. The fourth-order valence-electron chi connectivity index (χ4n) is 2.81. The van der Waals surface area contributed by atoms with Gasteiger partial charge in [-0.15, -0.1) is 0 Å². The molecule has 1 N–H and O–H groups in total. The van der Waals surface area contributed by atoms with Crippen LogP contribution in [0.5, 0.6) is 0 Å². The average Bonchev–Trinajstić information content (AvgIpc) is 2.94. The van der Waals surface area contributed by atoms with Crippen LogP contribution in [0, 0.1) is 5.92 Å². The molecule has 0 aliphatic carbocycles. The summed E-state index contributed by atoms with van der Waals surface area (Å²) in [6.07, 6.45) is 5.18. The van der Waals surface area contributed by atoms with Crippen LogP contribution in [-0.2, 0) is 4.79 Å². The average molecular weight is 417 g/mol. The number of hydrogen-bond donors (Lipinski definition) is 1. The lowest BCUT2D eigenvalue weighted by molar-refractivity contribution is -0.122. The Kier molecular flexibility index (Phi) is 6.51. The molecule has 0 radical (unpaired) electrons. The molecule has 1 fully saturated rings. The summed E-state index contributed by atoms with van der Waals surface area (Å²) in [6, 6.07) is 5.41. The van der Waals surface area contributed by atoms with E-state index in [2.05, 4.69) is 31.1 Å². The lowest BCUT2D eigenvalue weighted by atomic mass is 10.2. The molecule has 0 spiro atoms. The van der Waals surface area contributed by atoms with E-state index in [1.807, 2.05) is 6.07 Å². The normalized spacial score (nSPS) is 16.0. The first kappa shape index (κ1) is 20.5. The predicted octanol–water partition coefficient (Wildman–Crippen LogP) is 3.76. The van der Waals surface area contributed by atoms with Gasteiger partial charge in [0.05, 0.1) is 10.5 Å². The van der Waals surface area contributed by atoms with Gasteiger partial charge in [0.25, 0.3) is 11.5 Å². The lowest BCUT2D eigenvalue weighted by Gasteiger charge is -2.13. The zero-order chi connectivity index (χ0) is 20.3. The summed E-state index contributed by atoms with van der Waals surface area (Å²) in [5.41, 5.74) is 0.724. The molecule has 3 rings (SSSR count). The SMILES string of the molecule is CCCCN1C(=O)C(=Cc2c(NCC(C)C)nc3ccccn3c2=O)SC1=S. The van der Waals surface area contributed by atoms with Crippen molar-refractivity contribution >= 4 is 51.7 Å². The number of carbonyl (C=O) groups excluding carboxylic acids is 1. The summed E-state index contributed by atoms with van der Waals surface area (Å²) in [4.78, 5) is 32.6. The van der Waals surface area contributed by atoms with E-state index in [1.54, 1.807) is 29.3 Å². The van der Waals surface area contributed by atoms with Crippen LogP contribution in [0.25, 0.3) is 11.7 Å². The molecule has 0 atom stereocenters. The molecular formula is C20H24N4O2S2. The number of thioether (sulfide) groups is 1. The largest absolute Gasteiger partial charge is 0.369 e. The zero-order valence-corrected chi connectivity index (χ0v) is 17.9. The third-order valence-electron chi connectivity index (χ3n) is 4.33. The second-order valence-corrected chi connectivity index (χ2v) is 8.75. The van der Waals surface area contributed by atoms with Crippen LogP contribution >= 0.6 is 24.0 Å². The van der Waals surface area contributed by atoms with Crippen molar-refractivity contribution in [3.63, 3.8) is 0 Å². The Morgan fingerprint density at radius 3 is 2.82 bits per heavy atom. The van der Waals surface area contributed by atoms with Crippen LogP contribution in [0.1, 0.15) is 39.2 Å². The Morgan fingerprint density at radius 1 is 1.32 bits per heavy atom. The number of pyridine rings is 1. The topological polar surface area (TPSA) is 66.7 Å². The molecule has 1 aliphatic heterocycles. The van der Waals surface area contributed by atoms with E-state index in [1.165, 1.54) is 16.2 Å². The highest BCUT2D eigenvalue weighted by Crippen LogP contribution is 2.33. The second-order valence-electron chi connectivity index (χ2n) is 7.07.